The smallest absolute Gasteiger partial charge is 0.364 e. The lowest BCUT2D eigenvalue weighted by Gasteiger charge is -2.53. The van der Waals surface area contributed by atoms with E-state index >= 15 is 0 Å². The van der Waals surface area contributed by atoms with Crippen LogP contribution in [0.3, 0.4) is 0 Å². The van der Waals surface area contributed by atoms with Gasteiger partial charge in [-0.3, -0.25) is 24.0 Å². The fraction of sp³-hybridized carbons (Fsp3) is 0.860. The van der Waals surface area contributed by atoms with Crippen molar-refractivity contribution in [2.24, 2.45) is 0 Å². The summed E-state index contributed by atoms with van der Waals surface area (Å²) in [4.78, 5) is 102. The molecule has 27 N–H and O–H groups in total. The van der Waals surface area contributed by atoms with E-state index in [2.05, 4.69) is 26.6 Å². The quantitative estimate of drug-likeness (QED) is 0.0262. The van der Waals surface area contributed by atoms with Crippen LogP contribution in [-0.4, -0.2) is 420 Å². The molecule has 6 aliphatic heterocycles. The molecule has 0 aromatic heterocycles. The maximum atomic E-state index is 14.2. The summed E-state index contributed by atoms with van der Waals surface area (Å²) in [6.07, 6.45) is -64.7. The summed E-state index contributed by atoms with van der Waals surface area (Å²) < 4.78 is 69.9. The van der Waals surface area contributed by atoms with Crippen molar-refractivity contribution in [2.45, 2.75) is 254 Å². The van der Waals surface area contributed by atoms with Crippen LogP contribution in [0.25, 0.3) is 0 Å². The minimum Gasteiger partial charge on any atom is -0.477 e. The van der Waals surface area contributed by atoms with Gasteiger partial charge in [-0.05, 0) is 0 Å². The topological polar surface area (TPSA) is 753 Å². The normalized spacial score (nSPS) is 40.3. The van der Waals surface area contributed by atoms with Gasteiger partial charge in [0.05, 0.1) is 95.3 Å². The third-order valence-corrected chi connectivity index (χ3v) is 17.9. The van der Waals surface area contributed by atoms with E-state index in [1.54, 1.807) is 0 Å². The molecule has 47 nitrogen and oxygen atoms in total. The molecule has 6 aliphatic rings. The Balaban J connectivity index is 1.46. The molecule has 0 spiro atoms. The molecule has 6 fully saturated rings. The van der Waals surface area contributed by atoms with E-state index in [9.17, 15) is 151 Å². The molecule has 0 aromatic rings. The summed E-state index contributed by atoms with van der Waals surface area (Å²) in [5.74, 6) is -21.1. The lowest BCUT2D eigenvalue weighted by molar-refractivity contribution is -0.403. The Bertz CT molecular complexity index is 2860. The fourth-order valence-electron chi connectivity index (χ4n) is 12.7. The number of carbonyl (C=O) groups excluding carboxylic acids is 5. The van der Waals surface area contributed by atoms with E-state index < -0.39 is 320 Å². The SMILES string of the molecule is CC(=O)N[C@H]1[C@H](O[C@@H]2[C@H](O[C@]3(C(=O)O)C[C@H](O)[C@@H](NC(C)=O)[C@H]([C@H](O)[C@@H](CO)O[C@]4(C(=O)O)C[C@H](O)[C@@H](NC(C)=O)[C@H]([C@H](O)[C@H](O)CO)O4)O3)[C@@H](O)[C@H](O[C@H]3[C@H](O)[C@@H](O)[C@H](OC[C@@H](CO)NC=O)O[C@@H]3CO)O[C@@H]2CO)O[C@H](CO[C@]2(C(=O)O)C[C@H](O)[C@@H](NC(C)=O)[C@H]([C@H](O)[C@H](O)CO)O2)[C@H](O)[C@@H]1O. The van der Waals surface area contributed by atoms with Crippen LogP contribution in [0, 0.1) is 0 Å². The van der Waals surface area contributed by atoms with Crippen LogP contribution in [0.15, 0.2) is 0 Å². The van der Waals surface area contributed by atoms with Gasteiger partial charge in [-0.1, -0.05) is 0 Å². The summed E-state index contributed by atoms with van der Waals surface area (Å²) in [6.45, 7) is -5.82. The van der Waals surface area contributed by atoms with Gasteiger partial charge in [0, 0.05) is 47.0 Å². The van der Waals surface area contributed by atoms with Gasteiger partial charge in [0.1, 0.15) is 128 Å². The fourth-order valence-corrected chi connectivity index (χ4v) is 12.7. The molecular formula is C57H93N5O42. The van der Waals surface area contributed by atoms with Crippen LogP contribution in [0.4, 0.5) is 0 Å². The Labute approximate surface area is 587 Å². The minimum atomic E-state index is -3.74. The average Bonchev–Trinajstić information content (AvgIpc) is 0.624. The summed E-state index contributed by atoms with van der Waals surface area (Å²) in [5, 5.41) is 254. The molecule has 0 unspecified atom stereocenters. The van der Waals surface area contributed by atoms with Crippen LogP contribution in [0.5, 0.6) is 0 Å². The van der Waals surface area contributed by atoms with Gasteiger partial charge in [0.15, 0.2) is 18.9 Å². The summed E-state index contributed by atoms with van der Waals surface area (Å²) >= 11 is 0. The zero-order valence-electron chi connectivity index (χ0n) is 55.8. The van der Waals surface area contributed by atoms with Gasteiger partial charge in [0.25, 0.3) is 17.4 Å². The zero-order chi connectivity index (χ0) is 77.9. The molecule has 0 saturated carbocycles. The Hall–Kier alpha value is -5.48. The van der Waals surface area contributed by atoms with Gasteiger partial charge in [-0.2, -0.15) is 0 Å². The van der Waals surface area contributed by atoms with Crippen molar-refractivity contribution >= 4 is 47.9 Å². The van der Waals surface area contributed by atoms with Crippen LogP contribution in [0.1, 0.15) is 47.0 Å². The third-order valence-electron chi connectivity index (χ3n) is 17.9. The molecular weight excluding hydrogens is 1430 g/mol. The number of carboxylic acid groups (broad SMARTS) is 3. The highest BCUT2D eigenvalue weighted by molar-refractivity contribution is 5.78. The second kappa shape index (κ2) is 37.6. The number of aliphatic hydroxyl groups excluding tert-OH is 19. The predicted molar refractivity (Wildman–Crippen MR) is 321 cm³/mol. The second-order valence-corrected chi connectivity index (χ2v) is 25.5. The second-order valence-electron chi connectivity index (χ2n) is 25.5. The molecule has 6 saturated heterocycles. The lowest BCUT2D eigenvalue weighted by Crippen LogP contribution is -2.72. The maximum Gasteiger partial charge on any atom is 0.364 e. The van der Waals surface area contributed by atoms with E-state index in [-0.39, 0.29) is 6.41 Å². The van der Waals surface area contributed by atoms with E-state index in [0.717, 1.165) is 27.7 Å². The highest BCUT2D eigenvalue weighted by Gasteiger charge is 2.64. The summed E-state index contributed by atoms with van der Waals surface area (Å²) in [7, 11) is 0. The maximum absolute atomic E-state index is 14.2. The number of carboxylic acids is 3. The van der Waals surface area contributed by atoms with Crippen LogP contribution >= 0.6 is 0 Å². The van der Waals surface area contributed by atoms with Gasteiger partial charge in [-0.25, -0.2) is 14.4 Å². The number of amides is 5. The Morgan fingerprint density at radius 3 is 1.35 bits per heavy atom. The van der Waals surface area contributed by atoms with Crippen molar-refractivity contribution in [2.75, 3.05) is 52.9 Å². The molecule has 47 heteroatoms. The first-order valence-electron chi connectivity index (χ1n) is 32.2. The predicted octanol–water partition coefficient (Wildman–Crippen LogP) is -16.8. The third kappa shape index (κ3) is 19.9. The van der Waals surface area contributed by atoms with Crippen LogP contribution in [-0.2, 0) is 95.2 Å². The van der Waals surface area contributed by atoms with E-state index in [0.29, 0.717) is 0 Å². The Kier molecular flexibility index (Phi) is 31.6. The van der Waals surface area contributed by atoms with Crippen molar-refractivity contribution in [3.63, 3.8) is 0 Å². The van der Waals surface area contributed by atoms with Crippen molar-refractivity contribution < 1.29 is 208 Å². The Morgan fingerprint density at radius 1 is 0.471 bits per heavy atom. The molecule has 598 valence electrons. The van der Waals surface area contributed by atoms with Crippen molar-refractivity contribution in [3.8, 4) is 0 Å². The first kappa shape index (κ1) is 87.4. The molecule has 0 aromatic carbocycles. The minimum absolute atomic E-state index is 0.188. The molecule has 0 radical (unpaired) electrons. The first-order chi connectivity index (χ1) is 48.8. The Morgan fingerprint density at radius 2 is 0.894 bits per heavy atom. The molecule has 104 heavy (non-hydrogen) atoms. The van der Waals surface area contributed by atoms with Crippen molar-refractivity contribution in [3.05, 3.63) is 0 Å². The molecule has 6 heterocycles. The molecule has 0 bridgehead atoms. The molecule has 34 atom stereocenters. The van der Waals surface area contributed by atoms with E-state index in [1.165, 1.54) is 0 Å². The van der Waals surface area contributed by atoms with E-state index in [4.69, 9.17) is 56.8 Å². The molecule has 0 aliphatic carbocycles. The number of aliphatic hydroxyl groups is 19. The molecule has 6 rings (SSSR count). The van der Waals surface area contributed by atoms with Crippen molar-refractivity contribution in [1.82, 2.24) is 26.6 Å². The largest absolute Gasteiger partial charge is 0.477 e. The number of aliphatic carboxylic acids is 3. The highest BCUT2D eigenvalue weighted by atomic mass is 16.8. The monoisotopic (exact) mass is 1520 g/mol. The number of carbonyl (C=O) groups is 8. The van der Waals surface area contributed by atoms with Crippen LogP contribution < -0.4 is 26.6 Å². The van der Waals surface area contributed by atoms with Crippen molar-refractivity contribution in [1.29, 1.82) is 0 Å². The summed E-state index contributed by atoms with van der Waals surface area (Å²) in [5.41, 5.74) is 0. The average molecular weight is 1520 g/mol. The van der Waals surface area contributed by atoms with Gasteiger partial charge in [0.2, 0.25) is 30.0 Å². The number of hydrogen-bond donors (Lipinski definition) is 27. The number of nitrogens with one attached hydrogen (secondary N) is 5. The molecule has 5 amide bonds. The standard InChI is InChI=1S/C57H93N5O42/c1-17(70)59-31-22(74)5-55(52(87)88,101-45(31)35(79)25(77)9-64)94-15-30-37(81)39(83)34(62-20(4)73)49(97-30)99-44-29(13-68)96-51(98-43-28(12-67)95-50(41(85)40(43)84)93-14-21(8-63)58-16-69)42(86)48(44)104-57(54(91)92)7-24(76)33(61-19(3)72)47(103-57)38(82)27(11-66)100-56(53(89)90)6-23(75)32(60-18(2)71)46(102-56)36(80)26(78)10-65/h16,21-51,63-68,74-86H,5-15H2,1-4H3,(H,58,69)(H,59,70)(H,60,71)(H,61,72)(H,62,73)(H,87,88)(H,89,90)(H,91,92)/t21-,22+,23+,24+,25-,26-,27-,28-,29-,30-,31-,32-,33-,34-,35-,36-,37+,38-,39-,40-,41-,42-,43-,44+,45-,46-,47-,48-,49+,50-,51+,55-,56-,57+/m1/s1. The van der Waals surface area contributed by atoms with Crippen LogP contribution in [0.2, 0.25) is 0 Å². The van der Waals surface area contributed by atoms with Gasteiger partial charge in [-0.15, -0.1) is 0 Å². The highest BCUT2D eigenvalue weighted by Crippen LogP contribution is 2.43. The zero-order valence-corrected chi connectivity index (χ0v) is 55.8. The number of hydrogen-bond acceptors (Lipinski definition) is 39. The number of ether oxygens (including phenoxy) is 12. The lowest BCUT2D eigenvalue weighted by atomic mass is 9.87. The number of rotatable bonds is 35. The van der Waals surface area contributed by atoms with Gasteiger partial charge >= 0.3 is 17.9 Å². The first-order valence-corrected chi connectivity index (χ1v) is 32.2. The van der Waals surface area contributed by atoms with E-state index in [1.807, 2.05) is 0 Å². The van der Waals surface area contributed by atoms with Gasteiger partial charge < -0.3 is 196 Å². The summed E-state index contributed by atoms with van der Waals surface area (Å²) in [6, 6.07) is -8.95.